The number of carbonyl (C=O) groups is 2. The van der Waals surface area contributed by atoms with Crippen LogP contribution in [0, 0.1) is 24.7 Å². The van der Waals surface area contributed by atoms with Gasteiger partial charge in [0.1, 0.15) is 17.6 Å². The fraction of sp³-hybridized carbons (Fsp3) is 0.600. The maximum absolute atomic E-state index is 10.7. The molecule has 0 heterocycles. The van der Waals surface area contributed by atoms with Gasteiger partial charge in [-0.2, -0.15) is 0 Å². The van der Waals surface area contributed by atoms with E-state index in [1.807, 2.05) is 5.92 Å². The Hall–Kier alpha value is -1.94. The summed E-state index contributed by atoms with van der Waals surface area (Å²) in [7, 11) is 0. The van der Waals surface area contributed by atoms with Crippen molar-refractivity contribution in [2.24, 2.45) is 0 Å². The van der Waals surface area contributed by atoms with Crippen molar-refractivity contribution in [1.82, 2.24) is 0 Å². The molecule has 0 aromatic heterocycles. The van der Waals surface area contributed by atoms with Crippen molar-refractivity contribution in [2.45, 2.75) is 59.2 Å². The van der Waals surface area contributed by atoms with E-state index in [-0.39, 0.29) is 12.4 Å². The van der Waals surface area contributed by atoms with Crippen LogP contribution in [0.5, 0.6) is 0 Å². The Bertz CT molecular complexity index is 380. The highest BCUT2D eigenvalue weighted by molar-refractivity contribution is 5.87. The maximum Gasteiger partial charge on any atom is 0.384 e. The second-order valence-electron chi connectivity index (χ2n) is 5.61. The second-order valence-corrected chi connectivity index (χ2v) is 5.61. The van der Waals surface area contributed by atoms with Crippen molar-refractivity contribution in [3.8, 4) is 24.7 Å². The van der Waals surface area contributed by atoms with Gasteiger partial charge >= 0.3 is 11.9 Å². The van der Waals surface area contributed by atoms with Crippen molar-refractivity contribution in [1.29, 1.82) is 0 Å². The number of ether oxygens (including phenoxy) is 2. The number of terminal acetylenes is 2. The SMILES string of the molecule is C#CC(=O)OC(C)(C)C.C#CCC(=O)OC(C)(C)C. The van der Waals surface area contributed by atoms with Crippen LogP contribution in [0.3, 0.4) is 0 Å². The minimum absolute atomic E-state index is 0.0528. The highest BCUT2D eigenvalue weighted by atomic mass is 16.6. The molecular formula is C15H22O4. The van der Waals surface area contributed by atoms with Gasteiger partial charge in [-0.05, 0) is 41.5 Å². The molecule has 19 heavy (non-hydrogen) atoms. The van der Waals surface area contributed by atoms with Crippen LogP contribution >= 0.6 is 0 Å². The van der Waals surface area contributed by atoms with E-state index < -0.39 is 17.2 Å². The molecule has 0 atom stereocenters. The summed E-state index contributed by atoms with van der Waals surface area (Å²) in [6.45, 7) is 10.7. The Balaban J connectivity index is 0. The van der Waals surface area contributed by atoms with Gasteiger partial charge in [-0.3, -0.25) is 4.79 Å². The number of hydrogen-bond acceptors (Lipinski definition) is 4. The summed E-state index contributed by atoms with van der Waals surface area (Å²) in [5.41, 5.74) is -0.891. The van der Waals surface area contributed by atoms with E-state index in [2.05, 4.69) is 5.92 Å². The standard InChI is InChI=1S/C8H12O2.C7H10O2/c1-5-6-7(9)10-8(2,3)4;1-5-6(8)9-7(2,3)4/h1H,6H2,2-4H3;1H,2-4H3. The van der Waals surface area contributed by atoms with Gasteiger partial charge < -0.3 is 9.47 Å². The van der Waals surface area contributed by atoms with E-state index >= 15 is 0 Å². The topological polar surface area (TPSA) is 52.6 Å². The maximum atomic E-state index is 10.7. The normalized spacial score (nSPS) is 10.1. The summed E-state index contributed by atoms with van der Waals surface area (Å²) in [6, 6.07) is 0. The molecule has 0 amide bonds. The molecule has 0 bridgehead atoms. The molecule has 0 aliphatic carbocycles. The molecule has 0 saturated carbocycles. The lowest BCUT2D eigenvalue weighted by Gasteiger charge is -2.18. The molecule has 0 saturated heterocycles. The lowest BCUT2D eigenvalue weighted by Crippen LogP contribution is -2.23. The summed E-state index contributed by atoms with van der Waals surface area (Å²) in [5, 5.41) is 0. The zero-order valence-corrected chi connectivity index (χ0v) is 12.5. The van der Waals surface area contributed by atoms with Gasteiger partial charge in [0.05, 0.1) is 0 Å². The van der Waals surface area contributed by atoms with Crippen LogP contribution in [0.2, 0.25) is 0 Å². The molecule has 0 rings (SSSR count). The van der Waals surface area contributed by atoms with E-state index in [9.17, 15) is 9.59 Å². The zero-order valence-electron chi connectivity index (χ0n) is 12.5. The van der Waals surface area contributed by atoms with Gasteiger partial charge in [-0.1, -0.05) is 5.92 Å². The molecule has 0 spiro atoms. The van der Waals surface area contributed by atoms with Crippen LogP contribution in [0.1, 0.15) is 48.0 Å². The van der Waals surface area contributed by atoms with E-state index in [1.54, 1.807) is 41.5 Å². The molecule has 0 fully saturated rings. The molecular weight excluding hydrogens is 244 g/mol. The molecule has 0 radical (unpaired) electrons. The lowest BCUT2D eigenvalue weighted by atomic mass is 10.2. The number of hydrogen-bond donors (Lipinski definition) is 0. The summed E-state index contributed by atoms with van der Waals surface area (Å²) in [5.74, 6) is 3.13. The first-order valence-electron chi connectivity index (χ1n) is 5.76. The average molecular weight is 266 g/mol. The first-order chi connectivity index (χ1) is 8.41. The minimum atomic E-state index is -0.609. The first-order valence-corrected chi connectivity index (χ1v) is 5.76. The van der Waals surface area contributed by atoms with Crippen LogP contribution in [-0.4, -0.2) is 23.1 Å². The van der Waals surface area contributed by atoms with Crippen LogP contribution in [-0.2, 0) is 19.1 Å². The highest BCUT2D eigenvalue weighted by Crippen LogP contribution is 2.07. The van der Waals surface area contributed by atoms with Gasteiger partial charge in [0.15, 0.2) is 0 Å². The third-order valence-electron chi connectivity index (χ3n) is 1.18. The predicted molar refractivity (Wildman–Crippen MR) is 74.0 cm³/mol. The number of rotatable bonds is 1. The second kappa shape index (κ2) is 8.21. The Morgan fingerprint density at radius 1 is 0.947 bits per heavy atom. The van der Waals surface area contributed by atoms with Crippen molar-refractivity contribution < 1.29 is 19.1 Å². The number of esters is 2. The Morgan fingerprint density at radius 2 is 1.37 bits per heavy atom. The Labute approximate surface area is 115 Å². The fourth-order valence-corrected chi connectivity index (χ4v) is 0.768. The molecule has 0 aromatic carbocycles. The molecule has 0 unspecified atom stereocenters. The van der Waals surface area contributed by atoms with Crippen LogP contribution < -0.4 is 0 Å². The average Bonchev–Trinajstić information content (AvgIpc) is 2.13. The van der Waals surface area contributed by atoms with Gasteiger partial charge in [-0.15, -0.1) is 12.8 Å². The van der Waals surface area contributed by atoms with E-state index in [1.165, 1.54) is 0 Å². The Kier molecular flexibility index (Phi) is 8.39. The largest absolute Gasteiger partial charge is 0.459 e. The van der Waals surface area contributed by atoms with Gasteiger partial charge in [-0.25, -0.2) is 4.79 Å². The fourth-order valence-electron chi connectivity index (χ4n) is 0.768. The van der Waals surface area contributed by atoms with Crippen molar-refractivity contribution in [2.75, 3.05) is 0 Å². The summed E-state index contributed by atoms with van der Waals surface area (Å²) in [4.78, 5) is 21.1. The Morgan fingerprint density at radius 3 is 1.58 bits per heavy atom. The van der Waals surface area contributed by atoms with E-state index in [0.717, 1.165) is 0 Å². The molecule has 4 heteroatoms. The van der Waals surface area contributed by atoms with Crippen LogP contribution in [0.4, 0.5) is 0 Å². The van der Waals surface area contributed by atoms with E-state index in [0.29, 0.717) is 0 Å². The minimum Gasteiger partial charge on any atom is -0.459 e. The monoisotopic (exact) mass is 266 g/mol. The van der Waals surface area contributed by atoms with Crippen molar-refractivity contribution in [3.63, 3.8) is 0 Å². The lowest BCUT2D eigenvalue weighted by molar-refractivity contribution is -0.153. The zero-order chi connectivity index (χ0) is 15.7. The van der Waals surface area contributed by atoms with Crippen LogP contribution in [0.25, 0.3) is 0 Å². The highest BCUT2D eigenvalue weighted by Gasteiger charge is 2.14. The molecule has 0 aliphatic heterocycles. The third-order valence-corrected chi connectivity index (χ3v) is 1.18. The van der Waals surface area contributed by atoms with Crippen molar-refractivity contribution >= 4 is 11.9 Å². The predicted octanol–water partition coefficient (Wildman–Crippen LogP) is 2.31. The van der Waals surface area contributed by atoms with Gasteiger partial charge in [0.2, 0.25) is 0 Å². The molecule has 106 valence electrons. The smallest absolute Gasteiger partial charge is 0.384 e. The van der Waals surface area contributed by atoms with Gasteiger partial charge in [0.25, 0.3) is 0 Å². The number of carbonyl (C=O) groups excluding carboxylic acids is 2. The van der Waals surface area contributed by atoms with E-state index in [4.69, 9.17) is 22.3 Å². The van der Waals surface area contributed by atoms with Gasteiger partial charge in [0, 0.05) is 5.92 Å². The van der Waals surface area contributed by atoms with Crippen molar-refractivity contribution in [3.05, 3.63) is 0 Å². The molecule has 0 aliphatic rings. The summed E-state index contributed by atoms with van der Waals surface area (Å²) < 4.78 is 9.61. The summed E-state index contributed by atoms with van der Waals surface area (Å²) in [6.07, 6.45) is 9.70. The van der Waals surface area contributed by atoms with Crippen LogP contribution in [0.15, 0.2) is 0 Å². The molecule has 0 aromatic rings. The first kappa shape index (κ1) is 19.4. The summed E-state index contributed by atoms with van der Waals surface area (Å²) >= 11 is 0. The quantitative estimate of drug-likeness (QED) is 0.415. The molecule has 0 N–H and O–H groups in total. The third kappa shape index (κ3) is 18.6. The molecule has 4 nitrogen and oxygen atoms in total.